The summed E-state index contributed by atoms with van der Waals surface area (Å²) in [5, 5.41) is 3.54. The first-order valence-electron chi connectivity index (χ1n) is 7.23. The van der Waals surface area contributed by atoms with Gasteiger partial charge in [0.25, 0.3) is 0 Å². The summed E-state index contributed by atoms with van der Waals surface area (Å²) in [6.07, 6.45) is 4.10. The molecular formula is C15H25N3O. The summed E-state index contributed by atoms with van der Waals surface area (Å²) in [6.45, 7) is 7.09. The second-order valence-electron chi connectivity index (χ2n) is 5.22. The number of hydrogen-bond donors (Lipinski definition) is 1. The number of rotatable bonds is 6. The van der Waals surface area contributed by atoms with E-state index in [1.165, 1.54) is 5.56 Å². The number of anilines is 1. The van der Waals surface area contributed by atoms with Gasteiger partial charge in [0.05, 0.1) is 12.6 Å². The van der Waals surface area contributed by atoms with Gasteiger partial charge >= 0.3 is 0 Å². The van der Waals surface area contributed by atoms with Crippen LogP contribution in [0.3, 0.4) is 0 Å². The van der Waals surface area contributed by atoms with Crippen molar-refractivity contribution in [1.82, 2.24) is 10.3 Å². The first-order valence-corrected chi connectivity index (χ1v) is 7.23. The predicted molar refractivity (Wildman–Crippen MR) is 78.6 cm³/mol. The molecule has 0 spiro atoms. The molecule has 1 saturated heterocycles. The molecule has 1 N–H and O–H groups in total. The second kappa shape index (κ2) is 6.87. The summed E-state index contributed by atoms with van der Waals surface area (Å²) in [7, 11) is 2.12. The SMILES string of the molecule is CCCNC(C)c1cccnc1N(C)C1CCOC1. The fourth-order valence-electron chi connectivity index (χ4n) is 2.51. The number of nitrogens with one attached hydrogen (secondary N) is 1. The van der Waals surface area contributed by atoms with Gasteiger partial charge in [-0.3, -0.25) is 0 Å². The van der Waals surface area contributed by atoms with Gasteiger partial charge in [-0.15, -0.1) is 0 Å². The van der Waals surface area contributed by atoms with E-state index in [0.29, 0.717) is 12.1 Å². The van der Waals surface area contributed by atoms with Gasteiger partial charge in [-0.05, 0) is 32.4 Å². The van der Waals surface area contributed by atoms with Crippen molar-refractivity contribution >= 4 is 5.82 Å². The Morgan fingerprint density at radius 1 is 1.58 bits per heavy atom. The Balaban J connectivity index is 2.14. The van der Waals surface area contributed by atoms with Gasteiger partial charge in [0.15, 0.2) is 0 Å². The van der Waals surface area contributed by atoms with Gasteiger partial charge < -0.3 is 15.0 Å². The van der Waals surface area contributed by atoms with Crippen molar-refractivity contribution in [3.63, 3.8) is 0 Å². The van der Waals surface area contributed by atoms with E-state index in [-0.39, 0.29) is 0 Å². The van der Waals surface area contributed by atoms with Crippen LogP contribution in [0.1, 0.15) is 38.3 Å². The smallest absolute Gasteiger partial charge is 0.133 e. The van der Waals surface area contributed by atoms with Crippen LogP contribution >= 0.6 is 0 Å². The Kier molecular flexibility index (Phi) is 5.16. The first kappa shape index (κ1) is 14.3. The number of hydrogen-bond acceptors (Lipinski definition) is 4. The topological polar surface area (TPSA) is 37.4 Å². The zero-order valence-corrected chi connectivity index (χ0v) is 12.2. The molecule has 2 unspecified atom stereocenters. The lowest BCUT2D eigenvalue weighted by Crippen LogP contribution is -2.34. The van der Waals surface area contributed by atoms with E-state index >= 15 is 0 Å². The highest BCUT2D eigenvalue weighted by Crippen LogP contribution is 2.26. The van der Waals surface area contributed by atoms with Crippen molar-refractivity contribution in [3.8, 4) is 0 Å². The van der Waals surface area contributed by atoms with Gasteiger partial charge in [0, 0.05) is 31.5 Å². The molecule has 0 bridgehead atoms. The fourth-order valence-corrected chi connectivity index (χ4v) is 2.51. The Hall–Kier alpha value is -1.13. The minimum atomic E-state index is 0.327. The molecule has 1 aliphatic rings. The van der Waals surface area contributed by atoms with Crippen molar-refractivity contribution < 1.29 is 4.74 Å². The van der Waals surface area contributed by atoms with E-state index in [0.717, 1.165) is 38.4 Å². The van der Waals surface area contributed by atoms with Gasteiger partial charge in [-0.1, -0.05) is 13.0 Å². The molecule has 2 atom stereocenters. The predicted octanol–water partition coefficient (Wildman–Crippen LogP) is 2.37. The molecule has 0 aromatic carbocycles. The van der Waals surface area contributed by atoms with E-state index in [2.05, 4.69) is 42.2 Å². The standard InChI is InChI=1S/C15H25N3O/c1-4-8-16-12(2)14-6-5-9-17-15(14)18(3)13-7-10-19-11-13/h5-6,9,12-13,16H,4,7-8,10-11H2,1-3H3. The lowest BCUT2D eigenvalue weighted by Gasteiger charge is -2.28. The van der Waals surface area contributed by atoms with Crippen molar-refractivity contribution in [3.05, 3.63) is 23.9 Å². The molecule has 1 fully saturated rings. The van der Waals surface area contributed by atoms with Gasteiger partial charge in [-0.2, -0.15) is 0 Å². The number of nitrogens with zero attached hydrogens (tertiary/aromatic N) is 2. The summed E-state index contributed by atoms with van der Waals surface area (Å²) in [6, 6.07) is 4.96. The average Bonchev–Trinajstić information content (AvgIpc) is 2.98. The largest absolute Gasteiger partial charge is 0.379 e. The monoisotopic (exact) mass is 263 g/mol. The van der Waals surface area contributed by atoms with Gasteiger partial charge in [0.1, 0.15) is 5.82 Å². The van der Waals surface area contributed by atoms with Crippen LogP contribution in [0.2, 0.25) is 0 Å². The van der Waals surface area contributed by atoms with Crippen molar-refractivity contribution in [2.24, 2.45) is 0 Å². The third-order valence-corrected chi connectivity index (χ3v) is 3.77. The Bertz CT molecular complexity index is 391. The van der Waals surface area contributed by atoms with Crippen LogP contribution in [0.25, 0.3) is 0 Å². The lowest BCUT2D eigenvalue weighted by molar-refractivity contribution is 0.193. The minimum absolute atomic E-state index is 0.327. The highest BCUT2D eigenvalue weighted by molar-refractivity contribution is 5.48. The molecule has 4 nitrogen and oxygen atoms in total. The highest BCUT2D eigenvalue weighted by Gasteiger charge is 2.24. The normalized spacial score (nSPS) is 20.5. The summed E-state index contributed by atoms with van der Waals surface area (Å²) in [4.78, 5) is 6.85. The summed E-state index contributed by atoms with van der Waals surface area (Å²) < 4.78 is 5.48. The van der Waals surface area contributed by atoms with Crippen LogP contribution in [0.4, 0.5) is 5.82 Å². The van der Waals surface area contributed by atoms with Crippen molar-refractivity contribution in [2.75, 3.05) is 31.7 Å². The second-order valence-corrected chi connectivity index (χ2v) is 5.22. The van der Waals surface area contributed by atoms with Crippen LogP contribution in [0, 0.1) is 0 Å². The highest BCUT2D eigenvalue weighted by atomic mass is 16.5. The minimum Gasteiger partial charge on any atom is -0.379 e. The van der Waals surface area contributed by atoms with Gasteiger partial charge in [-0.25, -0.2) is 4.98 Å². The molecule has 1 aromatic heterocycles. The van der Waals surface area contributed by atoms with Crippen LogP contribution in [-0.2, 0) is 4.74 Å². The summed E-state index contributed by atoms with van der Waals surface area (Å²) in [5.41, 5.74) is 1.27. The van der Waals surface area contributed by atoms with Crippen molar-refractivity contribution in [1.29, 1.82) is 0 Å². The average molecular weight is 263 g/mol. The molecule has 0 saturated carbocycles. The Morgan fingerprint density at radius 3 is 3.11 bits per heavy atom. The maximum absolute atomic E-state index is 5.48. The quantitative estimate of drug-likeness (QED) is 0.855. The van der Waals surface area contributed by atoms with Gasteiger partial charge in [0.2, 0.25) is 0 Å². The molecule has 0 amide bonds. The van der Waals surface area contributed by atoms with Crippen LogP contribution in [0.5, 0.6) is 0 Å². The molecule has 0 aliphatic carbocycles. The molecular weight excluding hydrogens is 238 g/mol. The molecule has 0 radical (unpaired) electrons. The summed E-state index contributed by atoms with van der Waals surface area (Å²) >= 11 is 0. The third kappa shape index (κ3) is 3.45. The molecule has 2 heterocycles. The third-order valence-electron chi connectivity index (χ3n) is 3.77. The van der Waals surface area contributed by atoms with Crippen LogP contribution in [-0.4, -0.2) is 37.8 Å². The molecule has 2 rings (SSSR count). The van der Waals surface area contributed by atoms with Crippen LogP contribution in [0.15, 0.2) is 18.3 Å². The number of likely N-dealkylation sites (N-methyl/N-ethyl adjacent to an activating group) is 1. The van der Waals surface area contributed by atoms with Crippen LogP contribution < -0.4 is 10.2 Å². The van der Waals surface area contributed by atoms with E-state index in [9.17, 15) is 0 Å². The molecule has 1 aromatic rings. The number of pyridine rings is 1. The zero-order chi connectivity index (χ0) is 13.7. The van der Waals surface area contributed by atoms with E-state index in [1.807, 2.05) is 12.3 Å². The van der Waals surface area contributed by atoms with E-state index in [1.54, 1.807) is 0 Å². The molecule has 4 heteroatoms. The first-order chi connectivity index (χ1) is 9.24. The van der Waals surface area contributed by atoms with E-state index < -0.39 is 0 Å². The molecule has 1 aliphatic heterocycles. The summed E-state index contributed by atoms with van der Waals surface area (Å²) in [5.74, 6) is 1.08. The maximum Gasteiger partial charge on any atom is 0.133 e. The number of aromatic nitrogens is 1. The zero-order valence-electron chi connectivity index (χ0n) is 12.2. The van der Waals surface area contributed by atoms with Crippen molar-refractivity contribution in [2.45, 2.75) is 38.8 Å². The molecule has 106 valence electrons. The molecule has 19 heavy (non-hydrogen) atoms. The lowest BCUT2D eigenvalue weighted by atomic mass is 10.1. The number of ether oxygens (including phenoxy) is 1. The Labute approximate surface area is 116 Å². The van der Waals surface area contributed by atoms with E-state index in [4.69, 9.17) is 4.74 Å². The maximum atomic E-state index is 5.48. The Morgan fingerprint density at radius 2 is 2.42 bits per heavy atom. The fraction of sp³-hybridized carbons (Fsp3) is 0.667.